The van der Waals surface area contributed by atoms with Gasteiger partial charge in [-0.15, -0.1) is 0 Å². The number of carbonyl (C=O) groups is 1. The first-order valence-electron chi connectivity index (χ1n) is 4.81. The van der Waals surface area contributed by atoms with Crippen LogP contribution in [0.4, 0.5) is 5.82 Å². The monoisotopic (exact) mass is 313 g/mol. The van der Waals surface area contributed by atoms with Gasteiger partial charge in [-0.1, -0.05) is 11.6 Å². The summed E-state index contributed by atoms with van der Waals surface area (Å²) in [5, 5.41) is 3.23. The lowest BCUT2D eigenvalue weighted by Gasteiger charge is -2.06. The Labute approximate surface area is 112 Å². The Kier molecular flexibility index (Phi) is 3.49. The molecule has 2 heterocycles. The van der Waals surface area contributed by atoms with Gasteiger partial charge in [0.2, 0.25) is 0 Å². The van der Waals surface area contributed by atoms with Crippen LogP contribution in [0, 0.1) is 0 Å². The zero-order valence-electron chi connectivity index (χ0n) is 8.95. The smallest absolute Gasteiger partial charge is 0.273 e. The number of anilines is 1. The van der Waals surface area contributed by atoms with E-state index in [1.165, 1.54) is 0 Å². The van der Waals surface area contributed by atoms with E-state index in [9.17, 15) is 4.79 Å². The number of pyridine rings is 1. The van der Waals surface area contributed by atoms with Crippen LogP contribution in [0.15, 0.2) is 35.1 Å². The van der Waals surface area contributed by atoms with Gasteiger partial charge in [-0.2, -0.15) is 0 Å². The molecule has 6 heteroatoms. The van der Waals surface area contributed by atoms with Gasteiger partial charge in [0.05, 0.1) is 9.50 Å². The Balaban J connectivity index is 2.23. The van der Waals surface area contributed by atoms with Crippen molar-refractivity contribution >= 4 is 39.3 Å². The van der Waals surface area contributed by atoms with Gasteiger partial charge in [-0.05, 0) is 34.1 Å². The van der Waals surface area contributed by atoms with Gasteiger partial charge in [0.1, 0.15) is 11.5 Å². The third-order valence-electron chi connectivity index (χ3n) is 2.19. The minimum absolute atomic E-state index is 0.251. The average molecular weight is 315 g/mol. The number of aromatic nitrogens is 2. The number of hydrogen-bond acceptors (Lipinski definition) is 2. The summed E-state index contributed by atoms with van der Waals surface area (Å²) in [6, 6.07) is 5.19. The highest BCUT2D eigenvalue weighted by Gasteiger charge is 2.13. The predicted molar refractivity (Wildman–Crippen MR) is 70.3 cm³/mol. The number of nitrogens with one attached hydrogen (secondary N) is 1. The molecule has 0 unspecified atom stereocenters. The van der Waals surface area contributed by atoms with Crippen molar-refractivity contribution in [3.05, 3.63) is 45.8 Å². The molecule has 4 nitrogen and oxygen atoms in total. The van der Waals surface area contributed by atoms with E-state index in [1.54, 1.807) is 42.2 Å². The van der Waals surface area contributed by atoms with Crippen molar-refractivity contribution in [1.82, 2.24) is 9.55 Å². The molecule has 1 N–H and O–H groups in total. The summed E-state index contributed by atoms with van der Waals surface area (Å²) in [5.41, 5.74) is 0.479. The second-order valence-corrected chi connectivity index (χ2v) is 4.73. The van der Waals surface area contributed by atoms with E-state index >= 15 is 0 Å². The zero-order chi connectivity index (χ0) is 12.4. The lowest BCUT2D eigenvalue weighted by Crippen LogP contribution is -2.16. The fourth-order valence-electron chi connectivity index (χ4n) is 1.40. The number of hydrogen-bond donors (Lipinski definition) is 1. The molecule has 0 atom stereocenters. The number of halogens is 2. The van der Waals surface area contributed by atoms with Gasteiger partial charge in [0.15, 0.2) is 0 Å². The second kappa shape index (κ2) is 4.89. The Morgan fingerprint density at radius 2 is 2.35 bits per heavy atom. The second-order valence-electron chi connectivity index (χ2n) is 3.44. The number of carbonyl (C=O) groups excluding carboxylic acids is 1. The fourth-order valence-corrected chi connectivity index (χ4v) is 2.00. The van der Waals surface area contributed by atoms with E-state index in [4.69, 9.17) is 11.6 Å². The van der Waals surface area contributed by atoms with Crippen LogP contribution < -0.4 is 5.32 Å². The van der Waals surface area contributed by atoms with Crippen LogP contribution >= 0.6 is 27.5 Å². The highest BCUT2D eigenvalue weighted by atomic mass is 79.9. The van der Waals surface area contributed by atoms with Crippen molar-refractivity contribution in [3.8, 4) is 0 Å². The molecular formula is C11H9BrClN3O. The molecular weight excluding hydrogens is 305 g/mol. The summed E-state index contributed by atoms with van der Waals surface area (Å²) in [7, 11) is 1.76. The Morgan fingerprint density at radius 1 is 1.59 bits per heavy atom. The number of nitrogens with zero attached hydrogens (tertiary/aromatic N) is 2. The van der Waals surface area contributed by atoms with Crippen molar-refractivity contribution < 1.29 is 4.79 Å². The lowest BCUT2D eigenvalue weighted by molar-refractivity contribution is 0.101. The summed E-state index contributed by atoms with van der Waals surface area (Å²) in [4.78, 5) is 16.0. The third-order valence-corrected chi connectivity index (χ3v) is 3.04. The topological polar surface area (TPSA) is 46.9 Å². The lowest BCUT2D eigenvalue weighted by atomic mass is 10.4. The summed E-state index contributed by atoms with van der Waals surface area (Å²) in [5.74, 6) is 0.230. The van der Waals surface area contributed by atoms with Gasteiger partial charge in [0.25, 0.3) is 5.91 Å². The molecule has 0 aromatic carbocycles. The quantitative estimate of drug-likeness (QED) is 0.926. The van der Waals surface area contributed by atoms with Crippen molar-refractivity contribution in [2.24, 2.45) is 7.05 Å². The first-order chi connectivity index (χ1) is 8.08. The molecule has 0 aliphatic carbocycles. The normalized spacial score (nSPS) is 10.3. The third kappa shape index (κ3) is 2.68. The molecule has 2 rings (SSSR count). The molecule has 0 saturated carbocycles. The Bertz CT molecular complexity index is 568. The van der Waals surface area contributed by atoms with Crippen LogP contribution in [-0.2, 0) is 7.05 Å². The van der Waals surface area contributed by atoms with Crippen LogP contribution in [0.2, 0.25) is 5.02 Å². The van der Waals surface area contributed by atoms with Crippen LogP contribution in [0.1, 0.15) is 10.5 Å². The van der Waals surface area contributed by atoms with Crippen molar-refractivity contribution in [3.63, 3.8) is 0 Å². The summed E-state index contributed by atoms with van der Waals surface area (Å²) >= 11 is 9.13. The molecule has 0 saturated heterocycles. The molecule has 88 valence electrons. The van der Waals surface area contributed by atoms with Crippen molar-refractivity contribution in [2.45, 2.75) is 0 Å². The van der Waals surface area contributed by atoms with E-state index in [0.29, 0.717) is 16.5 Å². The molecule has 0 aliphatic heterocycles. The van der Waals surface area contributed by atoms with E-state index in [2.05, 4.69) is 26.2 Å². The van der Waals surface area contributed by atoms with Crippen LogP contribution in [-0.4, -0.2) is 15.5 Å². The van der Waals surface area contributed by atoms with E-state index in [-0.39, 0.29) is 5.91 Å². The van der Waals surface area contributed by atoms with Crippen LogP contribution in [0.25, 0.3) is 0 Å². The molecule has 0 fully saturated rings. The number of aryl methyl sites for hydroxylation is 1. The minimum Gasteiger partial charge on any atom is -0.345 e. The van der Waals surface area contributed by atoms with Gasteiger partial charge in [-0.3, -0.25) is 4.79 Å². The highest BCUT2D eigenvalue weighted by Crippen LogP contribution is 2.20. The fraction of sp³-hybridized carbons (Fsp3) is 0.0909. The molecule has 0 radical (unpaired) electrons. The maximum absolute atomic E-state index is 11.9. The van der Waals surface area contributed by atoms with Crippen LogP contribution in [0.3, 0.4) is 0 Å². The molecule has 2 aromatic rings. The first-order valence-corrected chi connectivity index (χ1v) is 5.99. The predicted octanol–water partition coefficient (Wildman–Crippen LogP) is 3.09. The Hall–Kier alpha value is -1.33. The molecule has 0 spiro atoms. The summed E-state index contributed by atoms with van der Waals surface area (Å²) in [6.45, 7) is 0. The zero-order valence-corrected chi connectivity index (χ0v) is 11.3. The number of rotatable bonds is 2. The molecule has 17 heavy (non-hydrogen) atoms. The molecule has 1 amide bonds. The first kappa shape index (κ1) is 12.1. The largest absolute Gasteiger partial charge is 0.345 e. The van der Waals surface area contributed by atoms with E-state index in [0.717, 1.165) is 4.47 Å². The average Bonchev–Trinajstić information content (AvgIpc) is 2.61. The summed E-state index contributed by atoms with van der Waals surface area (Å²) < 4.78 is 2.39. The highest BCUT2D eigenvalue weighted by molar-refractivity contribution is 9.10. The van der Waals surface area contributed by atoms with Gasteiger partial charge in [-0.25, -0.2) is 4.98 Å². The van der Waals surface area contributed by atoms with Crippen molar-refractivity contribution in [1.29, 1.82) is 0 Å². The minimum atomic E-state index is -0.251. The molecule has 0 bridgehead atoms. The maximum Gasteiger partial charge on any atom is 0.273 e. The Morgan fingerprint density at radius 3 is 2.94 bits per heavy atom. The van der Waals surface area contributed by atoms with Gasteiger partial charge in [0, 0.05) is 19.4 Å². The summed E-state index contributed by atoms with van der Waals surface area (Å²) in [6.07, 6.45) is 3.28. The van der Waals surface area contributed by atoms with Crippen molar-refractivity contribution in [2.75, 3.05) is 5.32 Å². The standard InChI is InChI=1S/C11H9BrClN3O/c1-16-6-7(13)5-9(16)11(17)15-10-8(12)3-2-4-14-10/h2-6H,1H3,(H,14,15,17). The number of amides is 1. The van der Waals surface area contributed by atoms with E-state index in [1.807, 2.05) is 0 Å². The molecule has 0 aliphatic rings. The SMILES string of the molecule is Cn1cc(Cl)cc1C(=O)Nc1ncccc1Br. The maximum atomic E-state index is 11.9. The van der Waals surface area contributed by atoms with Crippen LogP contribution in [0.5, 0.6) is 0 Å². The molecule has 2 aromatic heterocycles. The van der Waals surface area contributed by atoms with E-state index < -0.39 is 0 Å². The van der Waals surface area contributed by atoms with Gasteiger partial charge < -0.3 is 9.88 Å². The van der Waals surface area contributed by atoms with Gasteiger partial charge >= 0.3 is 0 Å².